The Morgan fingerprint density at radius 1 is 1.05 bits per heavy atom. The van der Waals surface area contributed by atoms with Crippen LogP contribution in [0.25, 0.3) is 0 Å². The molecule has 1 fully saturated rings. The standard InChI is InChI=1S/C18H31N3/c1-15(2)14-21-12-10-20(11-13-21)9-8-18(19)17-7-5-4-6-16(17)3/h4-7,15,18H,8-14,19H2,1-3H3. The summed E-state index contributed by atoms with van der Waals surface area (Å²) in [6.45, 7) is 13.9. The second kappa shape index (κ2) is 7.92. The molecule has 118 valence electrons. The molecular weight excluding hydrogens is 258 g/mol. The van der Waals surface area contributed by atoms with Gasteiger partial charge in [0.2, 0.25) is 0 Å². The van der Waals surface area contributed by atoms with Gasteiger partial charge in [0.25, 0.3) is 0 Å². The molecular formula is C18H31N3. The number of benzene rings is 1. The fourth-order valence-electron chi connectivity index (χ4n) is 3.19. The van der Waals surface area contributed by atoms with Crippen molar-refractivity contribution >= 4 is 0 Å². The largest absolute Gasteiger partial charge is 0.324 e. The van der Waals surface area contributed by atoms with E-state index in [1.807, 2.05) is 0 Å². The minimum Gasteiger partial charge on any atom is -0.324 e. The molecule has 0 saturated carbocycles. The van der Waals surface area contributed by atoms with E-state index in [4.69, 9.17) is 5.73 Å². The summed E-state index contributed by atoms with van der Waals surface area (Å²) in [5.41, 5.74) is 8.98. The van der Waals surface area contributed by atoms with E-state index in [0.29, 0.717) is 0 Å². The van der Waals surface area contributed by atoms with Crippen molar-refractivity contribution in [1.29, 1.82) is 0 Å². The lowest BCUT2D eigenvalue weighted by Crippen LogP contribution is -2.47. The lowest BCUT2D eigenvalue weighted by atomic mass is 9.99. The van der Waals surface area contributed by atoms with E-state index in [1.54, 1.807) is 0 Å². The molecule has 2 rings (SSSR count). The third-order valence-electron chi connectivity index (χ3n) is 4.43. The summed E-state index contributed by atoms with van der Waals surface area (Å²) >= 11 is 0. The third kappa shape index (κ3) is 5.10. The number of rotatable bonds is 6. The molecule has 2 N–H and O–H groups in total. The van der Waals surface area contributed by atoms with Gasteiger partial charge in [-0.3, -0.25) is 0 Å². The molecule has 1 heterocycles. The van der Waals surface area contributed by atoms with E-state index < -0.39 is 0 Å². The first kappa shape index (κ1) is 16.5. The topological polar surface area (TPSA) is 32.5 Å². The number of piperazine rings is 1. The highest BCUT2D eigenvalue weighted by Crippen LogP contribution is 2.18. The molecule has 0 aliphatic carbocycles. The Labute approximate surface area is 130 Å². The van der Waals surface area contributed by atoms with Crippen LogP contribution in [-0.2, 0) is 0 Å². The van der Waals surface area contributed by atoms with E-state index in [9.17, 15) is 0 Å². The molecule has 0 amide bonds. The molecule has 3 nitrogen and oxygen atoms in total. The van der Waals surface area contributed by atoms with Crippen LogP contribution in [0.5, 0.6) is 0 Å². The second-order valence-corrected chi connectivity index (χ2v) is 6.79. The molecule has 1 atom stereocenters. The normalized spacial score (nSPS) is 19.1. The average molecular weight is 289 g/mol. The Kier molecular flexibility index (Phi) is 6.22. The highest BCUT2D eigenvalue weighted by Gasteiger charge is 2.18. The van der Waals surface area contributed by atoms with Crippen LogP contribution in [-0.4, -0.2) is 49.1 Å². The zero-order chi connectivity index (χ0) is 15.2. The van der Waals surface area contributed by atoms with Gasteiger partial charge in [0.1, 0.15) is 0 Å². The maximum absolute atomic E-state index is 6.37. The van der Waals surface area contributed by atoms with Gasteiger partial charge in [-0.1, -0.05) is 38.1 Å². The Bertz CT molecular complexity index is 422. The zero-order valence-electron chi connectivity index (χ0n) is 13.9. The highest BCUT2D eigenvalue weighted by molar-refractivity contribution is 5.28. The fourth-order valence-corrected chi connectivity index (χ4v) is 3.19. The molecule has 21 heavy (non-hydrogen) atoms. The molecule has 0 spiro atoms. The van der Waals surface area contributed by atoms with Crippen LogP contribution in [0.4, 0.5) is 0 Å². The summed E-state index contributed by atoms with van der Waals surface area (Å²) in [6, 6.07) is 8.66. The molecule has 0 radical (unpaired) electrons. The first-order valence-corrected chi connectivity index (χ1v) is 8.32. The van der Waals surface area contributed by atoms with Gasteiger partial charge in [-0.05, 0) is 30.4 Å². The molecule has 1 aromatic carbocycles. The molecule has 1 aliphatic rings. The molecule has 1 saturated heterocycles. The SMILES string of the molecule is Cc1ccccc1C(N)CCN1CCN(CC(C)C)CC1. The lowest BCUT2D eigenvalue weighted by Gasteiger charge is -2.36. The predicted octanol–water partition coefficient (Wildman–Crippen LogP) is 2.66. The number of nitrogens with two attached hydrogens (primary N) is 1. The van der Waals surface area contributed by atoms with Crippen LogP contribution in [0, 0.1) is 12.8 Å². The smallest absolute Gasteiger partial charge is 0.0309 e. The monoisotopic (exact) mass is 289 g/mol. The lowest BCUT2D eigenvalue weighted by molar-refractivity contribution is 0.120. The van der Waals surface area contributed by atoms with Crippen LogP contribution in [0.1, 0.15) is 37.4 Å². The Morgan fingerprint density at radius 2 is 1.67 bits per heavy atom. The molecule has 0 bridgehead atoms. The van der Waals surface area contributed by atoms with E-state index >= 15 is 0 Å². The third-order valence-corrected chi connectivity index (χ3v) is 4.43. The van der Waals surface area contributed by atoms with Crippen molar-refractivity contribution in [1.82, 2.24) is 9.80 Å². The van der Waals surface area contributed by atoms with Crippen LogP contribution >= 0.6 is 0 Å². The maximum atomic E-state index is 6.37. The predicted molar refractivity (Wildman–Crippen MR) is 90.4 cm³/mol. The molecule has 3 heteroatoms. The van der Waals surface area contributed by atoms with Crippen LogP contribution in [0.15, 0.2) is 24.3 Å². The van der Waals surface area contributed by atoms with E-state index in [-0.39, 0.29) is 6.04 Å². The van der Waals surface area contributed by atoms with E-state index in [2.05, 4.69) is 54.8 Å². The fraction of sp³-hybridized carbons (Fsp3) is 0.667. The van der Waals surface area contributed by atoms with Crippen molar-refractivity contribution in [2.24, 2.45) is 11.7 Å². The molecule has 1 aromatic rings. The number of hydrogen-bond donors (Lipinski definition) is 1. The van der Waals surface area contributed by atoms with E-state index in [0.717, 1.165) is 18.9 Å². The minimum atomic E-state index is 0.167. The van der Waals surface area contributed by atoms with E-state index in [1.165, 1.54) is 43.9 Å². The van der Waals surface area contributed by atoms with Gasteiger partial charge >= 0.3 is 0 Å². The first-order valence-electron chi connectivity index (χ1n) is 8.32. The average Bonchev–Trinajstić information content (AvgIpc) is 2.46. The van der Waals surface area contributed by atoms with Crippen molar-refractivity contribution < 1.29 is 0 Å². The van der Waals surface area contributed by atoms with Crippen molar-refractivity contribution in [3.63, 3.8) is 0 Å². The van der Waals surface area contributed by atoms with Gasteiger partial charge < -0.3 is 15.5 Å². The summed E-state index contributed by atoms with van der Waals surface area (Å²) in [5.74, 6) is 0.769. The summed E-state index contributed by atoms with van der Waals surface area (Å²) in [7, 11) is 0. The van der Waals surface area contributed by atoms with Crippen molar-refractivity contribution in [2.45, 2.75) is 33.2 Å². The van der Waals surface area contributed by atoms with Gasteiger partial charge in [0, 0.05) is 45.3 Å². The Morgan fingerprint density at radius 3 is 2.29 bits per heavy atom. The van der Waals surface area contributed by atoms with Crippen molar-refractivity contribution in [2.75, 3.05) is 39.3 Å². The zero-order valence-corrected chi connectivity index (χ0v) is 13.9. The van der Waals surface area contributed by atoms with Crippen LogP contribution in [0.2, 0.25) is 0 Å². The van der Waals surface area contributed by atoms with Gasteiger partial charge in [0.15, 0.2) is 0 Å². The van der Waals surface area contributed by atoms with Gasteiger partial charge in [0.05, 0.1) is 0 Å². The summed E-state index contributed by atoms with van der Waals surface area (Å²) in [4.78, 5) is 5.15. The number of aryl methyl sites for hydroxylation is 1. The molecule has 1 aliphatic heterocycles. The quantitative estimate of drug-likeness (QED) is 0.874. The first-order chi connectivity index (χ1) is 10.1. The Hall–Kier alpha value is -0.900. The second-order valence-electron chi connectivity index (χ2n) is 6.79. The molecule has 0 aromatic heterocycles. The Balaban J connectivity index is 1.73. The molecule has 1 unspecified atom stereocenters. The van der Waals surface area contributed by atoms with Crippen molar-refractivity contribution in [3.05, 3.63) is 35.4 Å². The highest BCUT2D eigenvalue weighted by atomic mass is 15.3. The maximum Gasteiger partial charge on any atom is 0.0309 e. The summed E-state index contributed by atoms with van der Waals surface area (Å²) in [5, 5.41) is 0. The van der Waals surface area contributed by atoms with Gasteiger partial charge in [-0.2, -0.15) is 0 Å². The summed E-state index contributed by atoms with van der Waals surface area (Å²) < 4.78 is 0. The minimum absolute atomic E-state index is 0.167. The van der Waals surface area contributed by atoms with Crippen LogP contribution < -0.4 is 5.73 Å². The van der Waals surface area contributed by atoms with Gasteiger partial charge in [-0.15, -0.1) is 0 Å². The number of nitrogens with zero attached hydrogens (tertiary/aromatic N) is 2. The summed E-state index contributed by atoms with van der Waals surface area (Å²) in [6.07, 6.45) is 1.05. The van der Waals surface area contributed by atoms with Gasteiger partial charge in [-0.25, -0.2) is 0 Å². The van der Waals surface area contributed by atoms with Crippen molar-refractivity contribution in [3.8, 4) is 0 Å². The number of hydrogen-bond acceptors (Lipinski definition) is 3. The van der Waals surface area contributed by atoms with Crippen LogP contribution in [0.3, 0.4) is 0 Å².